The number of carbonyl (C=O) groups is 2. The van der Waals surface area contributed by atoms with E-state index in [1.165, 1.54) is 12.1 Å². The Balaban J connectivity index is 1.53. The Morgan fingerprint density at radius 1 is 1.08 bits per heavy atom. The van der Waals surface area contributed by atoms with Gasteiger partial charge in [-0.05, 0) is 73.6 Å². The van der Waals surface area contributed by atoms with Gasteiger partial charge in [-0.2, -0.15) is 0 Å². The van der Waals surface area contributed by atoms with Crippen molar-refractivity contribution in [3.05, 3.63) is 81.9 Å². The molecule has 0 saturated heterocycles. The molecule has 0 aliphatic heterocycles. The van der Waals surface area contributed by atoms with Crippen LogP contribution in [0, 0.1) is 19.7 Å². The van der Waals surface area contributed by atoms with Crippen molar-refractivity contribution in [1.82, 2.24) is 4.98 Å². The molecule has 7 heteroatoms. The molecule has 1 heterocycles. The first-order valence-electron chi connectivity index (χ1n) is 12.2. The van der Waals surface area contributed by atoms with Gasteiger partial charge in [0.1, 0.15) is 5.82 Å². The van der Waals surface area contributed by atoms with E-state index in [4.69, 9.17) is 16.7 Å². The number of aryl methyl sites for hydroxylation is 2. The van der Waals surface area contributed by atoms with E-state index in [1.54, 1.807) is 13.1 Å². The second-order valence-electron chi connectivity index (χ2n) is 9.71. The third-order valence-electron chi connectivity index (χ3n) is 7.28. The van der Waals surface area contributed by atoms with Crippen molar-refractivity contribution in [3.8, 4) is 11.1 Å². The Hall–Kier alpha value is -3.25. The number of hydrogen-bond acceptors (Lipinski definition) is 3. The van der Waals surface area contributed by atoms with Crippen molar-refractivity contribution in [1.29, 1.82) is 0 Å². The van der Waals surface area contributed by atoms with Gasteiger partial charge in [0.05, 0.1) is 10.7 Å². The Kier molecular flexibility index (Phi) is 7.74. The molecule has 1 aromatic heterocycles. The minimum atomic E-state index is -0.944. The lowest BCUT2D eigenvalue weighted by atomic mass is 9.75. The Labute approximate surface area is 215 Å². The summed E-state index contributed by atoms with van der Waals surface area (Å²) in [5.41, 5.74) is 5.25. The Morgan fingerprint density at radius 2 is 1.78 bits per heavy atom. The molecule has 0 unspecified atom stereocenters. The fourth-order valence-corrected chi connectivity index (χ4v) is 5.33. The van der Waals surface area contributed by atoms with Gasteiger partial charge in [-0.3, -0.25) is 14.6 Å². The zero-order chi connectivity index (χ0) is 25.9. The average molecular weight is 509 g/mol. The van der Waals surface area contributed by atoms with Gasteiger partial charge in [-0.25, -0.2) is 4.39 Å². The van der Waals surface area contributed by atoms with Crippen LogP contribution in [0.25, 0.3) is 11.1 Å². The van der Waals surface area contributed by atoms with Gasteiger partial charge in [0.25, 0.3) is 0 Å². The van der Waals surface area contributed by atoms with E-state index in [0.717, 1.165) is 48.1 Å². The first-order chi connectivity index (χ1) is 17.2. The molecule has 0 spiro atoms. The van der Waals surface area contributed by atoms with Crippen LogP contribution in [0.1, 0.15) is 60.9 Å². The van der Waals surface area contributed by atoms with Crippen molar-refractivity contribution in [2.24, 2.45) is 0 Å². The van der Waals surface area contributed by atoms with Gasteiger partial charge < -0.3 is 10.4 Å². The highest BCUT2D eigenvalue weighted by molar-refractivity contribution is 6.31. The van der Waals surface area contributed by atoms with Gasteiger partial charge in [0.2, 0.25) is 5.91 Å². The fourth-order valence-electron chi connectivity index (χ4n) is 5.17. The van der Waals surface area contributed by atoms with E-state index >= 15 is 0 Å². The first-order valence-corrected chi connectivity index (χ1v) is 12.6. The lowest BCUT2D eigenvalue weighted by Crippen LogP contribution is -2.29. The van der Waals surface area contributed by atoms with Gasteiger partial charge >= 0.3 is 5.97 Å². The number of rotatable bonds is 8. The number of nitrogens with zero attached hydrogens (tertiary/aromatic N) is 1. The summed E-state index contributed by atoms with van der Waals surface area (Å²) < 4.78 is 14.2. The molecule has 3 aromatic rings. The Morgan fingerprint density at radius 3 is 2.42 bits per heavy atom. The van der Waals surface area contributed by atoms with Crippen molar-refractivity contribution in [2.75, 3.05) is 5.32 Å². The number of aliphatic carboxylic acids is 1. The average Bonchev–Trinajstić information content (AvgIpc) is 3.31. The molecule has 1 aliphatic rings. The molecule has 1 aliphatic carbocycles. The van der Waals surface area contributed by atoms with Gasteiger partial charge in [0, 0.05) is 35.7 Å². The van der Waals surface area contributed by atoms with E-state index < -0.39 is 11.8 Å². The molecule has 0 bridgehead atoms. The van der Waals surface area contributed by atoms with E-state index in [9.17, 15) is 14.0 Å². The quantitative estimate of drug-likeness (QED) is 0.343. The molecular weight excluding hydrogens is 479 g/mol. The number of anilines is 1. The SMILES string of the molecule is Cc1ncc(-c2ccc(C3(CC(=O)Nc4cc(F)cc(CCC(=O)O)c4C)CCCC3)cc2)cc1Cl. The summed E-state index contributed by atoms with van der Waals surface area (Å²) in [4.78, 5) is 28.5. The zero-order valence-corrected chi connectivity index (χ0v) is 21.3. The van der Waals surface area contributed by atoms with E-state index in [1.807, 2.05) is 25.1 Å². The number of hydrogen-bond donors (Lipinski definition) is 2. The maximum Gasteiger partial charge on any atom is 0.303 e. The summed E-state index contributed by atoms with van der Waals surface area (Å²) in [6, 6.07) is 12.8. The smallest absolute Gasteiger partial charge is 0.303 e. The maximum atomic E-state index is 14.2. The maximum absolute atomic E-state index is 14.2. The summed E-state index contributed by atoms with van der Waals surface area (Å²) in [5, 5.41) is 12.5. The molecule has 0 radical (unpaired) electrons. The minimum absolute atomic E-state index is 0.0956. The minimum Gasteiger partial charge on any atom is -0.481 e. The van der Waals surface area contributed by atoms with Crippen LogP contribution >= 0.6 is 11.6 Å². The van der Waals surface area contributed by atoms with Crippen molar-refractivity contribution in [3.63, 3.8) is 0 Å². The Bertz CT molecular complexity index is 1280. The molecule has 2 N–H and O–H groups in total. The third-order valence-corrected chi connectivity index (χ3v) is 7.66. The van der Waals surface area contributed by atoms with Crippen molar-refractivity contribution in [2.45, 2.75) is 64.2 Å². The normalized spacial score (nSPS) is 14.6. The van der Waals surface area contributed by atoms with Crippen molar-refractivity contribution >= 4 is 29.2 Å². The number of carboxylic acid groups (broad SMARTS) is 1. The predicted molar refractivity (Wildman–Crippen MR) is 140 cm³/mol. The first kappa shape index (κ1) is 25.8. The van der Waals surface area contributed by atoms with Gasteiger partial charge in [-0.1, -0.05) is 48.7 Å². The molecule has 36 heavy (non-hydrogen) atoms. The van der Waals surface area contributed by atoms with Crippen LogP contribution in [0.4, 0.5) is 10.1 Å². The number of aromatic nitrogens is 1. The summed E-state index contributed by atoms with van der Waals surface area (Å²) in [6.45, 7) is 3.65. The highest BCUT2D eigenvalue weighted by Gasteiger charge is 2.37. The van der Waals surface area contributed by atoms with Crippen LogP contribution in [-0.4, -0.2) is 22.0 Å². The van der Waals surface area contributed by atoms with Crippen molar-refractivity contribution < 1.29 is 19.1 Å². The summed E-state index contributed by atoms with van der Waals surface area (Å²) in [5.74, 6) is -1.61. The molecular formula is C29H30ClFN2O3. The highest BCUT2D eigenvalue weighted by Crippen LogP contribution is 2.44. The lowest BCUT2D eigenvalue weighted by molar-refractivity contribution is -0.137. The van der Waals surface area contributed by atoms with Crippen LogP contribution < -0.4 is 5.32 Å². The zero-order valence-electron chi connectivity index (χ0n) is 20.5. The van der Waals surface area contributed by atoms with Crippen LogP contribution in [0.2, 0.25) is 5.02 Å². The topological polar surface area (TPSA) is 79.3 Å². The summed E-state index contributed by atoms with van der Waals surface area (Å²) in [6.07, 6.45) is 6.12. The number of carboxylic acids is 1. The highest BCUT2D eigenvalue weighted by atomic mass is 35.5. The van der Waals surface area contributed by atoms with Gasteiger partial charge in [-0.15, -0.1) is 0 Å². The molecule has 1 fully saturated rings. The molecule has 2 aromatic carbocycles. The number of halogens is 2. The van der Waals surface area contributed by atoms with Crippen LogP contribution in [-0.2, 0) is 21.4 Å². The number of carbonyl (C=O) groups excluding carboxylic acids is 1. The second-order valence-corrected chi connectivity index (χ2v) is 10.1. The number of benzene rings is 2. The molecule has 4 rings (SSSR count). The van der Waals surface area contributed by atoms with Crippen LogP contribution in [0.3, 0.4) is 0 Å². The largest absolute Gasteiger partial charge is 0.481 e. The second kappa shape index (κ2) is 10.8. The predicted octanol–water partition coefficient (Wildman–Crippen LogP) is 7.02. The molecule has 1 saturated carbocycles. The van der Waals surface area contributed by atoms with Crippen LogP contribution in [0.5, 0.6) is 0 Å². The number of pyridine rings is 1. The van der Waals surface area contributed by atoms with E-state index in [0.29, 0.717) is 28.3 Å². The monoisotopic (exact) mass is 508 g/mol. The molecule has 1 amide bonds. The molecule has 0 atom stereocenters. The number of amides is 1. The fraction of sp³-hybridized carbons (Fsp3) is 0.345. The van der Waals surface area contributed by atoms with Gasteiger partial charge in [0.15, 0.2) is 0 Å². The summed E-state index contributed by atoms with van der Waals surface area (Å²) in [7, 11) is 0. The van der Waals surface area contributed by atoms with E-state index in [-0.39, 0.29) is 24.2 Å². The lowest BCUT2D eigenvalue weighted by Gasteiger charge is -2.29. The molecule has 5 nitrogen and oxygen atoms in total. The standard InChI is InChI=1S/C29H30ClFN2O3/c1-18-21(7-10-28(35)36)13-24(31)15-26(18)33-27(34)16-29(11-3-4-12-29)23-8-5-20(6-9-23)22-14-25(30)19(2)32-17-22/h5-6,8-9,13-15,17H,3-4,7,10-12,16H2,1-2H3,(H,33,34)(H,35,36). The van der Waals surface area contributed by atoms with E-state index in [2.05, 4.69) is 22.4 Å². The molecule has 188 valence electrons. The van der Waals surface area contributed by atoms with Crippen LogP contribution in [0.15, 0.2) is 48.7 Å². The number of nitrogens with one attached hydrogen (secondary N) is 1. The summed E-state index contributed by atoms with van der Waals surface area (Å²) >= 11 is 6.25. The third kappa shape index (κ3) is 5.76.